The van der Waals surface area contributed by atoms with Crippen LogP contribution >= 0.6 is 15.9 Å². The Morgan fingerprint density at radius 2 is 1.71 bits per heavy atom. The van der Waals surface area contributed by atoms with Gasteiger partial charge in [0.05, 0.1) is 11.1 Å². The summed E-state index contributed by atoms with van der Waals surface area (Å²) in [6, 6.07) is 8.76. The van der Waals surface area contributed by atoms with Gasteiger partial charge in [-0.05, 0) is 42.5 Å². The highest BCUT2D eigenvalue weighted by Gasteiger charge is 2.30. The number of hydrogen-bond donors (Lipinski definition) is 1. The first-order chi connectivity index (χ1) is 9.77. The predicted octanol–water partition coefficient (Wildman–Crippen LogP) is 4.36. The molecule has 1 amide bonds. The number of halogens is 4. The Bertz CT molecular complexity index is 669. The lowest BCUT2D eigenvalue weighted by molar-refractivity contribution is -0.137. The van der Waals surface area contributed by atoms with Gasteiger partial charge in [-0.15, -0.1) is 0 Å². The average Bonchev–Trinajstić information content (AvgIpc) is 2.40. The lowest BCUT2D eigenvalue weighted by Gasteiger charge is -2.11. The van der Waals surface area contributed by atoms with Crippen LogP contribution in [0.25, 0.3) is 0 Å². The summed E-state index contributed by atoms with van der Waals surface area (Å²) in [7, 11) is 0. The molecule has 0 heterocycles. The maximum atomic E-state index is 12.5. The van der Waals surface area contributed by atoms with Gasteiger partial charge in [0.1, 0.15) is 11.5 Å². The summed E-state index contributed by atoms with van der Waals surface area (Å²) >= 11 is 3.19. The topological polar surface area (TPSA) is 52.3 Å². The quantitative estimate of drug-likeness (QED) is 0.884. The number of carbonyl (C=O) groups is 1. The Balaban J connectivity index is 2.28. The SMILES string of the molecule is NC(=O)c1cc(Br)ccc1Oc1ccc(C(F)(F)F)cc1. The van der Waals surface area contributed by atoms with Gasteiger partial charge in [-0.3, -0.25) is 4.79 Å². The summed E-state index contributed by atoms with van der Waals surface area (Å²) in [6.07, 6.45) is -4.41. The monoisotopic (exact) mass is 359 g/mol. The third kappa shape index (κ3) is 3.75. The molecule has 0 bridgehead atoms. The van der Waals surface area contributed by atoms with E-state index in [1.54, 1.807) is 6.07 Å². The molecule has 3 nitrogen and oxygen atoms in total. The van der Waals surface area contributed by atoms with Gasteiger partial charge in [-0.25, -0.2) is 0 Å². The first kappa shape index (κ1) is 15.4. The molecule has 2 N–H and O–H groups in total. The molecule has 2 aromatic rings. The highest BCUT2D eigenvalue weighted by atomic mass is 79.9. The molecule has 110 valence electrons. The number of ether oxygens (including phenoxy) is 1. The van der Waals surface area contributed by atoms with E-state index in [9.17, 15) is 18.0 Å². The molecule has 0 aliphatic heterocycles. The van der Waals surface area contributed by atoms with E-state index in [1.807, 2.05) is 0 Å². The number of alkyl halides is 3. The van der Waals surface area contributed by atoms with E-state index in [-0.39, 0.29) is 17.1 Å². The zero-order chi connectivity index (χ0) is 15.6. The van der Waals surface area contributed by atoms with Gasteiger partial charge in [-0.2, -0.15) is 13.2 Å². The van der Waals surface area contributed by atoms with Gasteiger partial charge in [0.2, 0.25) is 0 Å². The minimum Gasteiger partial charge on any atom is -0.457 e. The Hall–Kier alpha value is -2.02. The highest BCUT2D eigenvalue weighted by Crippen LogP contribution is 2.32. The zero-order valence-electron chi connectivity index (χ0n) is 10.4. The van der Waals surface area contributed by atoms with Crippen LogP contribution in [0.5, 0.6) is 11.5 Å². The second-order valence-electron chi connectivity index (χ2n) is 4.13. The van der Waals surface area contributed by atoms with E-state index < -0.39 is 17.6 Å². The second-order valence-corrected chi connectivity index (χ2v) is 5.04. The van der Waals surface area contributed by atoms with E-state index in [0.29, 0.717) is 4.47 Å². The molecule has 2 aromatic carbocycles. The number of primary amides is 1. The summed E-state index contributed by atoms with van der Waals surface area (Å²) in [5.74, 6) is -0.350. The fourth-order valence-corrected chi connectivity index (χ4v) is 1.98. The van der Waals surface area contributed by atoms with Crippen LogP contribution < -0.4 is 10.5 Å². The van der Waals surface area contributed by atoms with Crippen molar-refractivity contribution in [1.82, 2.24) is 0 Å². The fraction of sp³-hybridized carbons (Fsp3) is 0.0714. The number of nitrogens with two attached hydrogens (primary N) is 1. The van der Waals surface area contributed by atoms with Crippen LogP contribution in [0.4, 0.5) is 13.2 Å². The van der Waals surface area contributed by atoms with Crippen LogP contribution in [-0.2, 0) is 6.18 Å². The molecule has 0 aliphatic carbocycles. The third-order valence-corrected chi connectivity index (χ3v) is 3.11. The minimum absolute atomic E-state index is 0.129. The van der Waals surface area contributed by atoms with Gasteiger partial charge >= 0.3 is 6.18 Å². The van der Waals surface area contributed by atoms with Crippen LogP contribution in [0.15, 0.2) is 46.9 Å². The first-order valence-electron chi connectivity index (χ1n) is 5.72. The van der Waals surface area contributed by atoms with Gasteiger partial charge < -0.3 is 10.5 Å². The van der Waals surface area contributed by atoms with Crippen molar-refractivity contribution in [2.45, 2.75) is 6.18 Å². The summed E-state index contributed by atoms with van der Waals surface area (Å²) in [6.45, 7) is 0. The van der Waals surface area contributed by atoms with Gasteiger partial charge in [0.15, 0.2) is 0 Å². The number of amides is 1. The van der Waals surface area contributed by atoms with Crippen LogP contribution in [-0.4, -0.2) is 5.91 Å². The van der Waals surface area contributed by atoms with Crippen LogP contribution in [0.1, 0.15) is 15.9 Å². The molecular formula is C14H9BrF3NO2. The van der Waals surface area contributed by atoms with Crippen molar-refractivity contribution in [3.05, 3.63) is 58.1 Å². The van der Waals surface area contributed by atoms with Crippen molar-refractivity contribution in [3.63, 3.8) is 0 Å². The van der Waals surface area contributed by atoms with Crippen LogP contribution in [0.2, 0.25) is 0 Å². The van der Waals surface area contributed by atoms with Crippen LogP contribution in [0, 0.1) is 0 Å². The lowest BCUT2D eigenvalue weighted by Crippen LogP contribution is -2.12. The number of carbonyl (C=O) groups excluding carboxylic acids is 1. The number of hydrogen-bond acceptors (Lipinski definition) is 2. The molecule has 0 aliphatic rings. The van der Waals surface area contributed by atoms with E-state index in [0.717, 1.165) is 12.1 Å². The van der Waals surface area contributed by atoms with Crippen molar-refractivity contribution in [2.75, 3.05) is 0 Å². The normalized spacial score (nSPS) is 11.2. The molecule has 0 atom stereocenters. The summed E-state index contributed by atoms with van der Waals surface area (Å²) in [5.41, 5.74) is 4.58. The summed E-state index contributed by atoms with van der Waals surface area (Å²) < 4.78 is 43.4. The van der Waals surface area contributed by atoms with Gasteiger partial charge in [0, 0.05) is 4.47 Å². The third-order valence-electron chi connectivity index (χ3n) is 2.62. The highest BCUT2D eigenvalue weighted by molar-refractivity contribution is 9.10. The van der Waals surface area contributed by atoms with Crippen molar-refractivity contribution in [1.29, 1.82) is 0 Å². The molecule has 0 saturated heterocycles. The summed E-state index contributed by atoms with van der Waals surface area (Å²) in [4.78, 5) is 11.3. The molecule has 2 rings (SSSR count). The van der Waals surface area contributed by atoms with E-state index in [4.69, 9.17) is 10.5 Å². The molecule has 0 saturated carbocycles. The molecule has 0 radical (unpaired) electrons. The molecule has 7 heteroatoms. The standard InChI is InChI=1S/C14H9BrF3NO2/c15-9-3-6-12(11(7-9)13(19)20)21-10-4-1-8(2-5-10)14(16,17)18/h1-7H,(H2,19,20). The second kappa shape index (κ2) is 5.77. The largest absolute Gasteiger partial charge is 0.457 e. The van der Waals surface area contributed by atoms with Gasteiger partial charge in [-0.1, -0.05) is 15.9 Å². The molecule has 0 fully saturated rings. The van der Waals surface area contributed by atoms with E-state index in [2.05, 4.69) is 15.9 Å². The van der Waals surface area contributed by atoms with Crippen molar-refractivity contribution >= 4 is 21.8 Å². The summed E-state index contributed by atoms with van der Waals surface area (Å²) in [5, 5.41) is 0. The zero-order valence-corrected chi connectivity index (χ0v) is 12.0. The fourth-order valence-electron chi connectivity index (χ4n) is 1.62. The average molecular weight is 360 g/mol. The first-order valence-corrected chi connectivity index (χ1v) is 6.51. The Morgan fingerprint density at radius 1 is 1.10 bits per heavy atom. The number of rotatable bonds is 3. The number of benzene rings is 2. The Labute approximate surface area is 126 Å². The molecular weight excluding hydrogens is 351 g/mol. The van der Waals surface area contributed by atoms with Crippen molar-refractivity contribution in [3.8, 4) is 11.5 Å². The molecule has 0 aromatic heterocycles. The van der Waals surface area contributed by atoms with E-state index >= 15 is 0 Å². The van der Waals surface area contributed by atoms with Crippen molar-refractivity contribution in [2.24, 2.45) is 5.73 Å². The predicted molar refractivity (Wildman–Crippen MR) is 74.2 cm³/mol. The minimum atomic E-state index is -4.41. The maximum Gasteiger partial charge on any atom is 0.416 e. The molecule has 21 heavy (non-hydrogen) atoms. The maximum absolute atomic E-state index is 12.5. The lowest BCUT2D eigenvalue weighted by atomic mass is 10.2. The molecule has 0 spiro atoms. The smallest absolute Gasteiger partial charge is 0.416 e. The van der Waals surface area contributed by atoms with E-state index in [1.165, 1.54) is 24.3 Å². The Morgan fingerprint density at radius 3 is 2.24 bits per heavy atom. The van der Waals surface area contributed by atoms with Gasteiger partial charge in [0.25, 0.3) is 5.91 Å². The molecule has 0 unspecified atom stereocenters. The Kier molecular flexibility index (Phi) is 4.22. The van der Waals surface area contributed by atoms with Crippen LogP contribution in [0.3, 0.4) is 0 Å². The van der Waals surface area contributed by atoms with Crippen molar-refractivity contribution < 1.29 is 22.7 Å².